The smallest absolute Gasteiger partial charge is 0.0571 e. The molecule has 2 rings (SSSR count). The molecule has 2 atom stereocenters. The van der Waals surface area contributed by atoms with Gasteiger partial charge in [0.15, 0.2) is 0 Å². The highest BCUT2D eigenvalue weighted by Crippen LogP contribution is 2.39. The summed E-state index contributed by atoms with van der Waals surface area (Å²) < 4.78 is 0. The molecule has 0 radical (unpaired) electrons. The van der Waals surface area contributed by atoms with Gasteiger partial charge in [-0.05, 0) is 24.7 Å². The SMILES string of the molecule is O[C@@H]1CCCC[C@H]1C1CCCC1. The molecule has 0 spiro atoms. The molecule has 0 amide bonds. The molecular formula is C11H20O. The largest absolute Gasteiger partial charge is 0.393 e. The van der Waals surface area contributed by atoms with Crippen LogP contribution in [0.2, 0.25) is 0 Å². The van der Waals surface area contributed by atoms with Crippen molar-refractivity contribution in [3.8, 4) is 0 Å². The van der Waals surface area contributed by atoms with E-state index in [2.05, 4.69) is 0 Å². The van der Waals surface area contributed by atoms with E-state index in [9.17, 15) is 5.11 Å². The van der Waals surface area contributed by atoms with Crippen molar-refractivity contribution >= 4 is 0 Å². The molecule has 1 nitrogen and oxygen atoms in total. The molecule has 1 heteroatoms. The fourth-order valence-corrected chi connectivity index (χ4v) is 3.08. The molecule has 2 aliphatic carbocycles. The summed E-state index contributed by atoms with van der Waals surface area (Å²) >= 11 is 0. The first-order valence-electron chi connectivity index (χ1n) is 5.56. The monoisotopic (exact) mass is 168 g/mol. The van der Waals surface area contributed by atoms with E-state index in [0.717, 1.165) is 12.3 Å². The van der Waals surface area contributed by atoms with Crippen molar-refractivity contribution in [2.45, 2.75) is 57.5 Å². The van der Waals surface area contributed by atoms with Gasteiger partial charge in [0, 0.05) is 0 Å². The molecule has 0 aromatic rings. The van der Waals surface area contributed by atoms with Crippen LogP contribution in [0.4, 0.5) is 0 Å². The molecule has 2 saturated carbocycles. The molecule has 70 valence electrons. The lowest BCUT2D eigenvalue weighted by Gasteiger charge is -2.32. The number of rotatable bonds is 1. The van der Waals surface area contributed by atoms with Gasteiger partial charge in [-0.2, -0.15) is 0 Å². The topological polar surface area (TPSA) is 20.2 Å². The molecular weight excluding hydrogens is 148 g/mol. The Balaban J connectivity index is 1.91. The minimum absolute atomic E-state index is 0.0434. The van der Waals surface area contributed by atoms with Crippen LogP contribution < -0.4 is 0 Å². The van der Waals surface area contributed by atoms with Crippen LogP contribution in [0.25, 0.3) is 0 Å². The molecule has 0 heterocycles. The molecule has 0 unspecified atom stereocenters. The fourth-order valence-electron chi connectivity index (χ4n) is 3.08. The van der Waals surface area contributed by atoms with Gasteiger partial charge >= 0.3 is 0 Å². The Hall–Kier alpha value is -0.0400. The van der Waals surface area contributed by atoms with Crippen molar-refractivity contribution in [1.82, 2.24) is 0 Å². The van der Waals surface area contributed by atoms with Crippen LogP contribution in [0.5, 0.6) is 0 Å². The summed E-state index contributed by atoms with van der Waals surface area (Å²) in [5.74, 6) is 1.54. The van der Waals surface area contributed by atoms with E-state index < -0.39 is 0 Å². The summed E-state index contributed by atoms with van der Waals surface area (Å²) in [5, 5.41) is 9.83. The highest BCUT2D eigenvalue weighted by atomic mass is 16.3. The predicted octanol–water partition coefficient (Wildman–Crippen LogP) is 2.73. The van der Waals surface area contributed by atoms with E-state index in [-0.39, 0.29) is 6.10 Å². The average Bonchev–Trinajstić information content (AvgIpc) is 2.57. The Morgan fingerprint density at radius 1 is 0.750 bits per heavy atom. The lowest BCUT2D eigenvalue weighted by molar-refractivity contribution is 0.0382. The fraction of sp³-hybridized carbons (Fsp3) is 1.00. The van der Waals surface area contributed by atoms with Gasteiger partial charge < -0.3 is 5.11 Å². The highest BCUT2D eigenvalue weighted by molar-refractivity contribution is 4.83. The molecule has 0 aromatic heterocycles. The molecule has 2 aliphatic rings. The summed E-state index contributed by atoms with van der Waals surface area (Å²) in [5.41, 5.74) is 0. The normalized spacial score (nSPS) is 38.8. The standard InChI is InChI=1S/C11H20O/c12-11-8-4-3-7-10(11)9-5-1-2-6-9/h9-12H,1-8H2/t10-,11+/m0/s1. The first-order chi connectivity index (χ1) is 5.88. The Labute approximate surface area is 75.2 Å². The van der Waals surface area contributed by atoms with Crippen molar-refractivity contribution in [3.05, 3.63) is 0 Å². The van der Waals surface area contributed by atoms with E-state index in [4.69, 9.17) is 0 Å². The molecule has 12 heavy (non-hydrogen) atoms. The van der Waals surface area contributed by atoms with Gasteiger partial charge in [0.1, 0.15) is 0 Å². The van der Waals surface area contributed by atoms with Gasteiger partial charge in [-0.25, -0.2) is 0 Å². The van der Waals surface area contributed by atoms with Crippen molar-refractivity contribution < 1.29 is 5.11 Å². The molecule has 0 bridgehead atoms. The van der Waals surface area contributed by atoms with Crippen molar-refractivity contribution in [2.75, 3.05) is 0 Å². The minimum atomic E-state index is 0.0434. The zero-order valence-corrected chi connectivity index (χ0v) is 7.84. The van der Waals surface area contributed by atoms with Gasteiger partial charge in [-0.1, -0.05) is 38.5 Å². The van der Waals surface area contributed by atoms with Gasteiger partial charge in [0.2, 0.25) is 0 Å². The Kier molecular flexibility index (Phi) is 2.69. The van der Waals surface area contributed by atoms with Crippen LogP contribution in [0, 0.1) is 11.8 Å². The van der Waals surface area contributed by atoms with E-state index >= 15 is 0 Å². The van der Waals surface area contributed by atoms with Crippen molar-refractivity contribution in [1.29, 1.82) is 0 Å². The van der Waals surface area contributed by atoms with E-state index in [0.29, 0.717) is 5.92 Å². The molecule has 0 aliphatic heterocycles. The Morgan fingerprint density at radius 2 is 1.33 bits per heavy atom. The van der Waals surface area contributed by atoms with Gasteiger partial charge in [0.05, 0.1) is 6.10 Å². The van der Waals surface area contributed by atoms with Crippen LogP contribution >= 0.6 is 0 Å². The number of hydrogen-bond acceptors (Lipinski definition) is 1. The third-order valence-electron chi connectivity index (χ3n) is 3.79. The number of aliphatic hydroxyl groups is 1. The van der Waals surface area contributed by atoms with Crippen LogP contribution in [-0.4, -0.2) is 11.2 Å². The number of aliphatic hydroxyl groups excluding tert-OH is 1. The second kappa shape index (κ2) is 3.78. The second-order valence-electron chi connectivity index (χ2n) is 4.56. The van der Waals surface area contributed by atoms with Crippen molar-refractivity contribution in [2.24, 2.45) is 11.8 Å². The summed E-state index contributed by atoms with van der Waals surface area (Å²) in [6, 6.07) is 0. The summed E-state index contributed by atoms with van der Waals surface area (Å²) in [6.07, 6.45) is 10.6. The van der Waals surface area contributed by atoms with Crippen LogP contribution in [0.3, 0.4) is 0 Å². The van der Waals surface area contributed by atoms with Crippen LogP contribution in [0.15, 0.2) is 0 Å². The zero-order chi connectivity index (χ0) is 8.39. The lowest BCUT2D eigenvalue weighted by Crippen LogP contribution is -2.29. The maximum atomic E-state index is 9.83. The van der Waals surface area contributed by atoms with Gasteiger partial charge in [0.25, 0.3) is 0 Å². The third kappa shape index (κ3) is 1.66. The zero-order valence-electron chi connectivity index (χ0n) is 7.84. The Morgan fingerprint density at radius 3 is 2.00 bits per heavy atom. The van der Waals surface area contributed by atoms with Crippen molar-refractivity contribution in [3.63, 3.8) is 0 Å². The third-order valence-corrected chi connectivity index (χ3v) is 3.79. The van der Waals surface area contributed by atoms with E-state index in [1.807, 2.05) is 0 Å². The minimum Gasteiger partial charge on any atom is -0.393 e. The quantitative estimate of drug-likeness (QED) is 0.638. The lowest BCUT2D eigenvalue weighted by atomic mass is 9.77. The molecule has 0 aromatic carbocycles. The highest BCUT2D eigenvalue weighted by Gasteiger charge is 2.31. The van der Waals surface area contributed by atoms with Gasteiger partial charge in [-0.3, -0.25) is 0 Å². The first-order valence-corrected chi connectivity index (χ1v) is 5.56. The van der Waals surface area contributed by atoms with E-state index in [1.54, 1.807) is 0 Å². The van der Waals surface area contributed by atoms with Crippen LogP contribution in [0.1, 0.15) is 51.4 Å². The molecule has 1 N–H and O–H groups in total. The first kappa shape index (κ1) is 8.55. The average molecular weight is 168 g/mol. The maximum absolute atomic E-state index is 9.83. The Bertz CT molecular complexity index is 138. The van der Waals surface area contributed by atoms with Crippen LogP contribution in [-0.2, 0) is 0 Å². The summed E-state index contributed by atoms with van der Waals surface area (Å²) in [4.78, 5) is 0. The van der Waals surface area contributed by atoms with Gasteiger partial charge in [-0.15, -0.1) is 0 Å². The number of hydrogen-bond donors (Lipinski definition) is 1. The summed E-state index contributed by atoms with van der Waals surface area (Å²) in [7, 11) is 0. The molecule has 0 saturated heterocycles. The van der Waals surface area contributed by atoms with E-state index in [1.165, 1.54) is 44.9 Å². The summed E-state index contributed by atoms with van der Waals surface area (Å²) in [6.45, 7) is 0. The predicted molar refractivity (Wildman–Crippen MR) is 49.9 cm³/mol. The maximum Gasteiger partial charge on any atom is 0.0571 e. The second-order valence-corrected chi connectivity index (χ2v) is 4.56. The molecule has 2 fully saturated rings.